The Labute approximate surface area is 66.1 Å². The van der Waals surface area contributed by atoms with E-state index >= 15 is 0 Å². The third kappa shape index (κ3) is 6.72. The lowest BCUT2D eigenvalue weighted by Gasteiger charge is -2.03. The average Bonchev–Trinajstić information content (AvgIpc) is 1.53. The van der Waals surface area contributed by atoms with Crippen molar-refractivity contribution in [1.82, 2.24) is 0 Å². The van der Waals surface area contributed by atoms with Crippen LogP contribution < -0.4 is 0 Å². The molecule has 0 aliphatic rings. The number of rotatable bonds is 4. The topological polar surface area (TPSA) is 130 Å². The maximum absolute atomic E-state index is 10.2. The van der Waals surface area contributed by atoms with Gasteiger partial charge in [0.05, 0.1) is 0 Å². The van der Waals surface area contributed by atoms with Gasteiger partial charge in [0, 0.05) is 0 Å². The van der Waals surface area contributed by atoms with Gasteiger partial charge in [-0.25, -0.2) is 4.57 Å². The van der Waals surface area contributed by atoms with Crippen molar-refractivity contribution in [2.24, 2.45) is 0 Å². The average molecular weight is 226 g/mol. The highest BCUT2D eigenvalue weighted by molar-refractivity contribution is 7.84. The molecule has 2 unspecified atom stereocenters. The first-order valence-electron chi connectivity index (χ1n) is 1.78. The standard InChI is InChI=1S/H3O8PS2/c1-9(2,7-10(3)4)8-11(5)6/h(H,1,2)(H,3,4)(H,5,6). The maximum atomic E-state index is 10.2. The van der Waals surface area contributed by atoms with Crippen LogP contribution in [0.3, 0.4) is 0 Å². The van der Waals surface area contributed by atoms with Gasteiger partial charge in [0.1, 0.15) is 0 Å². The summed E-state index contributed by atoms with van der Waals surface area (Å²) >= 11 is -6.07. The van der Waals surface area contributed by atoms with Gasteiger partial charge < -0.3 is 4.89 Å². The predicted molar refractivity (Wildman–Crippen MR) is 33.5 cm³/mol. The van der Waals surface area contributed by atoms with E-state index < -0.39 is 30.5 Å². The van der Waals surface area contributed by atoms with Crippen LogP contribution in [0.15, 0.2) is 0 Å². The summed E-state index contributed by atoms with van der Waals surface area (Å²) in [4.78, 5) is 8.26. The quantitative estimate of drug-likeness (QED) is 0.427. The largest absolute Gasteiger partial charge is 0.501 e. The molecule has 68 valence electrons. The minimum absolute atomic E-state index is 3.04. The lowest BCUT2D eigenvalue weighted by molar-refractivity contribution is 0.288. The van der Waals surface area contributed by atoms with Crippen molar-refractivity contribution < 1.29 is 34.9 Å². The van der Waals surface area contributed by atoms with Crippen LogP contribution in [0, 0.1) is 0 Å². The second kappa shape index (κ2) is 4.38. The van der Waals surface area contributed by atoms with E-state index in [1.807, 2.05) is 0 Å². The molecule has 0 fully saturated rings. The van der Waals surface area contributed by atoms with E-state index in [0.717, 1.165) is 0 Å². The highest BCUT2D eigenvalue weighted by Gasteiger charge is 2.27. The summed E-state index contributed by atoms with van der Waals surface area (Å²) in [7, 11) is -4.91. The van der Waals surface area contributed by atoms with Crippen molar-refractivity contribution in [2.75, 3.05) is 0 Å². The minimum Gasteiger partial charge on any atom is -0.301 e. The van der Waals surface area contributed by atoms with Gasteiger partial charge >= 0.3 is 30.5 Å². The molecular weight excluding hydrogens is 223 g/mol. The van der Waals surface area contributed by atoms with E-state index in [0.29, 0.717) is 0 Å². The molecule has 0 spiro atoms. The van der Waals surface area contributed by atoms with Gasteiger partial charge in [-0.05, 0) is 0 Å². The Balaban J connectivity index is 4.12. The summed E-state index contributed by atoms with van der Waals surface area (Å²) in [5.41, 5.74) is 0. The van der Waals surface area contributed by atoms with Crippen LogP contribution in [-0.4, -0.2) is 22.4 Å². The molecule has 3 N–H and O–H groups in total. The van der Waals surface area contributed by atoms with Gasteiger partial charge in [0.25, 0.3) is 0 Å². The third-order valence-corrected chi connectivity index (χ3v) is 2.84. The van der Waals surface area contributed by atoms with Crippen LogP contribution in [0.4, 0.5) is 0 Å². The van der Waals surface area contributed by atoms with Crippen molar-refractivity contribution in [2.45, 2.75) is 0 Å². The van der Waals surface area contributed by atoms with Crippen molar-refractivity contribution in [3.05, 3.63) is 0 Å². The van der Waals surface area contributed by atoms with Crippen LogP contribution in [0.1, 0.15) is 0 Å². The number of hydrogen-bond acceptors (Lipinski definition) is 5. The molecule has 0 aliphatic carbocycles. The highest BCUT2D eigenvalue weighted by Crippen LogP contribution is 2.44. The van der Waals surface area contributed by atoms with Crippen molar-refractivity contribution in [3.63, 3.8) is 0 Å². The summed E-state index contributed by atoms with van der Waals surface area (Å²) < 4.78 is 52.0. The Morgan fingerprint density at radius 1 is 1.09 bits per heavy atom. The fourth-order valence-electron chi connectivity index (χ4n) is 0.174. The van der Waals surface area contributed by atoms with Gasteiger partial charge in [-0.1, -0.05) is 0 Å². The third-order valence-electron chi connectivity index (χ3n) is 0.316. The van der Waals surface area contributed by atoms with Crippen LogP contribution in [0.2, 0.25) is 0 Å². The molecular formula is H3O8PS2. The second-order valence-electron chi connectivity index (χ2n) is 1.05. The van der Waals surface area contributed by atoms with Crippen molar-refractivity contribution in [1.29, 1.82) is 0 Å². The molecule has 0 aromatic rings. The zero-order valence-corrected chi connectivity index (χ0v) is 7.17. The fourth-order valence-corrected chi connectivity index (χ4v) is 1.79. The van der Waals surface area contributed by atoms with E-state index in [-0.39, 0.29) is 0 Å². The molecule has 0 amide bonds. The van der Waals surface area contributed by atoms with Crippen molar-refractivity contribution >= 4 is 30.5 Å². The van der Waals surface area contributed by atoms with E-state index in [1.54, 1.807) is 0 Å². The lowest BCUT2D eigenvalue weighted by atomic mass is 15.7. The van der Waals surface area contributed by atoms with Crippen LogP contribution >= 0.6 is 7.82 Å². The summed E-state index contributed by atoms with van der Waals surface area (Å²) in [6, 6.07) is 0. The highest BCUT2D eigenvalue weighted by atomic mass is 32.2. The van der Waals surface area contributed by atoms with E-state index in [2.05, 4.69) is 7.94 Å². The Morgan fingerprint density at radius 3 is 1.55 bits per heavy atom. The number of hydrogen-bond donors (Lipinski definition) is 3. The van der Waals surface area contributed by atoms with Gasteiger partial charge in [0.2, 0.25) is 0 Å². The van der Waals surface area contributed by atoms with Crippen molar-refractivity contribution in [3.8, 4) is 0 Å². The Bertz CT molecular complexity index is 198. The Morgan fingerprint density at radius 2 is 1.36 bits per heavy atom. The van der Waals surface area contributed by atoms with Gasteiger partial charge in [-0.15, -0.1) is 0 Å². The van der Waals surface area contributed by atoms with Gasteiger partial charge in [0.15, 0.2) is 0 Å². The molecule has 0 bridgehead atoms. The predicted octanol–water partition coefficient (Wildman–Crippen LogP) is -0.607. The monoisotopic (exact) mass is 226 g/mol. The fraction of sp³-hybridized carbons (Fsp3) is 0. The molecule has 0 radical (unpaired) electrons. The Hall–Kier alpha value is 0.330. The van der Waals surface area contributed by atoms with Gasteiger partial charge in [-0.3, -0.25) is 9.11 Å². The van der Waals surface area contributed by atoms with Gasteiger partial charge in [-0.2, -0.15) is 16.4 Å². The maximum Gasteiger partial charge on any atom is 0.501 e. The molecule has 0 aliphatic heterocycles. The molecule has 0 heterocycles. The number of phosphoric acid groups is 1. The summed E-state index contributed by atoms with van der Waals surface area (Å²) in [5, 5.41) is 0. The van der Waals surface area contributed by atoms with E-state index in [1.165, 1.54) is 0 Å². The second-order valence-corrected chi connectivity index (χ2v) is 4.05. The molecule has 0 aromatic carbocycles. The summed E-state index contributed by atoms with van der Waals surface area (Å²) in [6.45, 7) is 0. The molecule has 0 rings (SSSR count). The minimum atomic E-state index is -4.91. The molecule has 11 heteroatoms. The SMILES string of the molecule is O=S(O)OP(=O)(O)OS(=O)O. The van der Waals surface area contributed by atoms with Crippen LogP contribution in [-0.2, 0) is 35.2 Å². The molecule has 8 nitrogen and oxygen atoms in total. The Kier molecular flexibility index (Phi) is 4.51. The first-order chi connectivity index (χ1) is 4.83. The molecule has 2 atom stereocenters. The molecule has 0 saturated heterocycles. The summed E-state index contributed by atoms with van der Waals surface area (Å²) in [5.74, 6) is 0. The molecule has 0 saturated carbocycles. The zero-order chi connectivity index (χ0) is 9.07. The lowest BCUT2D eigenvalue weighted by Crippen LogP contribution is -1.99. The van der Waals surface area contributed by atoms with Crippen LogP contribution in [0.25, 0.3) is 0 Å². The van der Waals surface area contributed by atoms with Crippen LogP contribution in [0.5, 0.6) is 0 Å². The first-order valence-corrected chi connectivity index (χ1v) is 5.34. The normalized spacial score (nSPS) is 22.1. The molecule has 11 heavy (non-hydrogen) atoms. The van der Waals surface area contributed by atoms with E-state index in [9.17, 15) is 13.0 Å². The first kappa shape index (κ1) is 11.3. The smallest absolute Gasteiger partial charge is 0.301 e. The summed E-state index contributed by atoms with van der Waals surface area (Å²) in [6.07, 6.45) is 0. The molecule has 0 aromatic heterocycles. The van der Waals surface area contributed by atoms with E-state index in [4.69, 9.17) is 14.0 Å². The zero-order valence-electron chi connectivity index (χ0n) is 4.65.